The van der Waals surface area contributed by atoms with Crippen molar-refractivity contribution in [3.8, 4) is 0 Å². The first kappa shape index (κ1) is 14.7. The molecule has 20 heavy (non-hydrogen) atoms. The minimum Gasteiger partial charge on any atom is -0.401 e. The lowest BCUT2D eigenvalue weighted by Gasteiger charge is -2.28. The maximum atomic E-state index is 12.4. The zero-order valence-electron chi connectivity index (χ0n) is 11.5. The van der Waals surface area contributed by atoms with Gasteiger partial charge in [-0.3, -0.25) is 9.79 Å². The fourth-order valence-corrected chi connectivity index (χ4v) is 2.12. The molecule has 5 nitrogen and oxygen atoms in total. The number of nitrogens with zero attached hydrogens (tertiary/aromatic N) is 2. The Balaban J connectivity index is 2.00. The molecule has 2 rings (SSSR count). The first-order valence-electron chi connectivity index (χ1n) is 6.91. The number of hydrogen-bond acceptors (Lipinski definition) is 4. The maximum absolute atomic E-state index is 12.4. The number of carbonyl (C=O) groups is 1. The van der Waals surface area contributed by atoms with Crippen LogP contribution >= 0.6 is 0 Å². The fraction of sp³-hybridized carbons (Fsp3) is 0.571. The molecular formula is C14H21FN4O. The first-order valence-corrected chi connectivity index (χ1v) is 6.91. The van der Waals surface area contributed by atoms with Gasteiger partial charge in [0.05, 0.1) is 18.4 Å². The summed E-state index contributed by atoms with van der Waals surface area (Å²) in [6.45, 7) is 1.75. The van der Waals surface area contributed by atoms with E-state index in [-0.39, 0.29) is 19.0 Å². The van der Waals surface area contributed by atoms with Crippen molar-refractivity contribution < 1.29 is 9.18 Å². The average molecular weight is 280 g/mol. The van der Waals surface area contributed by atoms with Crippen molar-refractivity contribution in [3.63, 3.8) is 0 Å². The fourth-order valence-electron chi connectivity index (χ4n) is 2.12. The number of amides is 1. The van der Waals surface area contributed by atoms with Crippen LogP contribution in [0.2, 0.25) is 0 Å². The van der Waals surface area contributed by atoms with Gasteiger partial charge in [-0.2, -0.15) is 0 Å². The molecule has 1 amide bonds. The van der Waals surface area contributed by atoms with E-state index in [9.17, 15) is 9.18 Å². The molecule has 1 saturated carbocycles. The number of rotatable bonds is 6. The molecule has 1 fully saturated rings. The van der Waals surface area contributed by atoms with Gasteiger partial charge in [0.2, 0.25) is 0 Å². The standard InChI is InChI=1S/C14H21FN4O/c15-5-11(6-16)7-18-8-12-13(17)3-4-19(14(12)20)9-10-1-2-10/h5,8,10H,1-4,6-7,9,16-17H2/b11-5+,18-8?. The number of halogens is 1. The highest BCUT2D eigenvalue weighted by atomic mass is 19.1. The van der Waals surface area contributed by atoms with E-state index >= 15 is 0 Å². The Bertz CT molecular complexity index is 466. The van der Waals surface area contributed by atoms with E-state index < -0.39 is 0 Å². The van der Waals surface area contributed by atoms with Gasteiger partial charge in [0.25, 0.3) is 5.91 Å². The highest BCUT2D eigenvalue weighted by Crippen LogP contribution is 2.31. The van der Waals surface area contributed by atoms with Gasteiger partial charge in [0, 0.05) is 38.0 Å². The van der Waals surface area contributed by atoms with Crippen LogP contribution in [0.15, 0.2) is 28.2 Å². The van der Waals surface area contributed by atoms with Crippen molar-refractivity contribution >= 4 is 12.1 Å². The SMILES string of the molecule is NC/C(=C\F)CN=CC1=C(N)CCN(CC2CC2)C1=O. The molecule has 1 aliphatic carbocycles. The van der Waals surface area contributed by atoms with Crippen molar-refractivity contribution in [2.24, 2.45) is 22.4 Å². The van der Waals surface area contributed by atoms with E-state index in [2.05, 4.69) is 4.99 Å². The number of aliphatic imine (C=N–C) groups is 1. The van der Waals surface area contributed by atoms with Gasteiger partial charge in [-0.05, 0) is 24.3 Å². The van der Waals surface area contributed by atoms with Crippen molar-refractivity contribution in [1.29, 1.82) is 0 Å². The van der Waals surface area contributed by atoms with Gasteiger partial charge in [0.15, 0.2) is 0 Å². The molecule has 1 heterocycles. The number of carbonyl (C=O) groups excluding carboxylic acids is 1. The third-order valence-corrected chi connectivity index (χ3v) is 3.62. The molecule has 0 spiro atoms. The summed E-state index contributed by atoms with van der Waals surface area (Å²) in [5, 5.41) is 0. The molecule has 0 atom stereocenters. The maximum Gasteiger partial charge on any atom is 0.257 e. The molecule has 0 saturated heterocycles. The predicted octanol–water partition coefficient (Wildman–Crippen LogP) is 0.724. The van der Waals surface area contributed by atoms with Crippen molar-refractivity contribution in [3.05, 3.63) is 23.2 Å². The monoisotopic (exact) mass is 280 g/mol. The Morgan fingerprint density at radius 2 is 2.25 bits per heavy atom. The van der Waals surface area contributed by atoms with Crippen molar-refractivity contribution in [2.45, 2.75) is 19.3 Å². The number of nitrogens with two attached hydrogens (primary N) is 2. The Morgan fingerprint density at radius 3 is 2.85 bits per heavy atom. The largest absolute Gasteiger partial charge is 0.401 e. The van der Waals surface area contributed by atoms with E-state index in [1.807, 2.05) is 4.90 Å². The number of hydrogen-bond donors (Lipinski definition) is 2. The van der Waals surface area contributed by atoms with Crippen LogP contribution < -0.4 is 11.5 Å². The lowest BCUT2D eigenvalue weighted by Crippen LogP contribution is -2.40. The molecule has 4 N–H and O–H groups in total. The Labute approximate surface area is 118 Å². The highest BCUT2D eigenvalue weighted by molar-refractivity contribution is 6.13. The van der Waals surface area contributed by atoms with Crippen LogP contribution in [0.3, 0.4) is 0 Å². The Morgan fingerprint density at radius 1 is 1.50 bits per heavy atom. The van der Waals surface area contributed by atoms with E-state index in [4.69, 9.17) is 11.5 Å². The molecule has 0 radical (unpaired) electrons. The smallest absolute Gasteiger partial charge is 0.257 e. The van der Waals surface area contributed by atoms with E-state index in [0.717, 1.165) is 6.54 Å². The topological polar surface area (TPSA) is 84.7 Å². The molecule has 0 aromatic heterocycles. The predicted molar refractivity (Wildman–Crippen MR) is 76.7 cm³/mol. The van der Waals surface area contributed by atoms with Crippen LogP contribution in [0.4, 0.5) is 4.39 Å². The summed E-state index contributed by atoms with van der Waals surface area (Å²) in [7, 11) is 0. The first-order chi connectivity index (χ1) is 9.65. The van der Waals surface area contributed by atoms with Crippen LogP contribution in [0.25, 0.3) is 0 Å². The third kappa shape index (κ3) is 3.66. The average Bonchev–Trinajstić information content (AvgIpc) is 3.25. The van der Waals surface area contributed by atoms with Gasteiger partial charge in [-0.25, -0.2) is 4.39 Å². The molecule has 110 valence electrons. The van der Waals surface area contributed by atoms with E-state index in [1.54, 1.807) is 0 Å². The Hall–Kier alpha value is -1.69. The normalized spacial score (nSPS) is 21.2. The van der Waals surface area contributed by atoms with Gasteiger partial charge in [-0.1, -0.05) is 0 Å². The summed E-state index contributed by atoms with van der Waals surface area (Å²) in [5.74, 6) is 0.581. The van der Waals surface area contributed by atoms with E-state index in [0.29, 0.717) is 42.1 Å². The second kappa shape index (κ2) is 6.65. The third-order valence-electron chi connectivity index (χ3n) is 3.62. The quantitative estimate of drug-likeness (QED) is 0.703. The highest BCUT2D eigenvalue weighted by Gasteiger charge is 2.30. The molecule has 0 bridgehead atoms. The van der Waals surface area contributed by atoms with Crippen LogP contribution in [0.5, 0.6) is 0 Å². The summed E-state index contributed by atoms with van der Waals surface area (Å²) in [5.41, 5.74) is 12.6. The van der Waals surface area contributed by atoms with Crippen molar-refractivity contribution in [1.82, 2.24) is 4.90 Å². The van der Waals surface area contributed by atoms with Crippen LogP contribution in [0.1, 0.15) is 19.3 Å². The zero-order chi connectivity index (χ0) is 14.5. The minimum atomic E-state index is -0.0667. The van der Waals surface area contributed by atoms with Crippen LogP contribution in [0, 0.1) is 5.92 Å². The van der Waals surface area contributed by atoms with Gasteiger partial charge in [0.1, 0.15) is 0 Å². The van der Waals surface area contributed by atoms with Gasteiger partial charge >= 0.3 is 0 Å². The second-order valence-corrected chi connectivity index (χ2v) is 5.32. The lowest BCUT2D eigenvalue weighted by molar-refractivity contribution is -0.127. The van der Waals surface area contributed by atoms with Crippen LogP contribution in [-0.4, -0.2) is 43.2 Å². The van der Waals surface area contributed by atoms with Crippen molar-refractivity contribution in [2.75, 3.05) is 26.2 Å². The van der Waals surface area contributed by atoms with Crippen LogP contribution in [-0.2, 0) is 4.79 Å². The Kier molecular flexibility index (Phi) is 4.89. The molecule has 0 unspecified atom stereocenters. The minimum absolute atomic E-state index is 0.0667. The molecule has 2 aliphatic rings. The molecule has 1 aliphatic heterocycles. The summed E-state index contributed by atoms with van der Waals surface area (Å²) in [6, 6.07) is 0. The summed E-state index contributed by atoms with van der Waals surface area (Å²) >= 11 is 0. The lowest BCUT2D eigenvalue weighted by atomic mass is 10.1. The molecule has 6 heteroatoms. The second-order valence-electron chi connectivity index (χ2n) is 5.32. The molecular weight excluding hydrogens is 259 g/mol. The summed E-state index contributed by atoms with van der Waals surface area (Å²) in [4.78, 5) is 18.2. The molecule has 0 aromatic rings. The molecule has 0 aromatic carbocycles. The van der Waals surface area contributed by atoms with Gasteiger partial charge in [-0.15, -0.1) is 0 Å². The summed E-state index contributed by atoms with van der Waals surface area (Å²) < 4.78 is 12.4. The zero-order valence-corrected chi connectivity index (χ0v) is 11.5. The van der Waals surface area contributed by atoms with Gasteiger partial charge < -0.3 is 16.4 Å². The van der Waals surface area contributed by atoms with E-state index in [1.165, 1.54) is 19.1 Å². The summed E-state index contributed by atoms with van der Waals surface area (Å²) in [6.07, 6.45) is 4.98.